The number of hydrogen-bond donors (Lipinski definition) is 0. The molecular formula is C26H24FN3O4. The molecule has 2 aromatic heterocycles. The van der Waals surface area contributed by atoms with Gasteiger partial charge in [0.05, 0.1) is 12.1 Å². The van der Waals surface area contributed by atoms with Gasteiger partial charge in [0.25, 0.3) is 0 Å². The Balaban J connectivity index is 1.65. The van der Waals surface area contributed by atoms with Gasteiger partial charge in [0.15, 0.2) is 0 Å². The summed E-state index contributed by atoms with van der Waals surface area (Å²) in [5, 5.41) is 2.16. The highest BCUT2D eigenvalue weighted by Gasteiger charge is 2.28. The molecule has 1 fully saturated rings. The van der Waals surface area contributed by atoms with Crippen LogP contribution in [0.1, 0.15) is 25.3 Å². The van der Waals surface area contributed by atoms with Gasteiger partial charge < -0.3 is 14.0 Å². The second-order valence-corrected chi connectivity index (χ2v) is 8.17. The molecule has 1 atom stereocenters. The Morgan fingerprint density at radius 1 is 1.18 bits per heavy atom. The molecule has 0 radical (unpaired) electrons. The minimum atomic E-state index is -0.391. The Bertz CT molecular complexity index is 1310. The first kappa shape index (κ1) is 22.0. The highest BCUT2D eigenvalue weighted by atomic mass is 19.1. The number of ether oxygens (including phenoxy) is 1. The largest absolute Gasteiger partial charge is 0.472 e. The molecule has 2 aromatic carbocycles. The molecule has 0 amide bonds. The predicted molar refractivity (Wildman–Crippen MR) is 124 cm³/mol. The number of carbonyl (C=O) groups is 1. The van der Waals surface area contributed by atoms with E-state index in [1.165, 1.54) is 18.0 Å². The summed E-state index contributed by atoms with van der Waals surface area (Å²) in [5.74, 6) is 0.332. The predicted octanol–water partition coefficient (Wildman–Crippen LogP) is 5.19. The van der Waals surface area contributed by atoms with Crippen LogP contribution in [0.25, 0.3) is 33.6 Å². The molecule has 0 aliphatic carbocycles. The highest BCUT2D eigenvalue weighted by Crippen LogP contribution is 2.44. The molecule has 5 rings (SSSR count). The van der Waals surface area contributed by atoms with E-state index in [9.17, 15) is 9.18 Å². The SMILES string of the molecule is CCc1ccc(-c2c(-c3ccccc3F)oc3ncnc(O[C@@H]4CCCN(OC=O)C4)c23)cc1. The smallest absolute Gasteiger partial charge is 0.312 e. The summed E-state index contributed by atoms with van der Waals surface area (Å²) in [6.45, 7) is 3.58. The number of rotatable bonds is 7. The van der Waals surface area contributed by atoms with E-state index in [-0.39, 0.29) is 6.10 Å². The first-order valence-electron chi connectivity index (χ1n) is 11.3. The van der Waals surface area contributed by atoms with Gasteiger partial charge in [-0.1, -0.05) is 43.3 Å². The number of benzene rings is 2. The highest BCUT2D eigenvalue weighted by molar-refractivity contribution is 6.03. The standard InChI is InChI=1S/C26H24FN3O4/c1-2-17-9-11-18(12-10-17)22-23-25(33-19-6-5-13-30(14-19)32-16-31)28-15-29-26(23)34-24(22)20-7-3-4-8-21(20)27/h3-4,7-12,15-16,19H,2,5-6,13-14H2,1H3/t19-/m1/s1. The first-order chi connectivity index (χ1) is 16.7. The van der Waals surface area contributed by atoms with Crippen molar-refractivity contribution in [1.82, 2.24) is 15.0 Å². The lowest BCUT2D eigenvalue weighted by atomic mass is 9.98. The third kappa shape index (κ3) is 4.24. The van der Waals surface area contributed by atoms with Crippen molar-refractivity contribution in [3.05, 3.63) is 66.2 Å². The van der Waals surface area contributed by atoms with Crippen molar-refractivity contribution < 1.29 is 23.2 Å². The van der Waals surface area contributed by atoms with Gasteiger partial charge in [-0.05, 0) is 42.5 Å². The number of nitrogens with zero attached hydrogens (tertiary/aromatic N) is 3. The maximum Gasteiger partial charge on any atom is 0.312 e. The van der Waals surface area contributed by atoms with Crippen molar-refractivity contribution >= 4 is 17.6 Å². The molecule has 3 heterocycles. The van der Waals surface area contributed by atoms with Gasteiger partial charge in [0.1, 0.15) is 29.4 Å². The van der Waals surface area contributed by atoms with Crippen molar-refractivity contribution in [2.45, 2.75) is 32.3 Å². The van der Waals surface area contributed by atoms with Crippen LogP contribution in [0.4, 0.5) is 4.39 Å². The Hall–Kier alpha value is -3.78. The minimum Gasteiger partial charge on any atom is -0.472 e. The molecule has 7 nitrogen and oxygen atoms in total. The molecule has 1 aliphatic heterocycles. The van der Waals surface area contributed by atoms with Gasteiger partial charge in [-0.15, -0.1) is 5.06 Å². The molecule has 34 heavy (non-hydrogen) atoms. The van der Waals surface area contributed by atoms with Crippen LogP contribution in [0, 0.1) is 5.82 Å². The monoisotopic (exact) mass is 461 g/mol. The Labute approximate surface area is 196 Å². The van der Waals surface area contributed by atoms with Crippen molar-refractivity contribution in [2.24, 2.45) is 0 Å². The van der Waals surface area contributed by atoms with Crippen molar-refractivity contribution in [1.29, 1.82) is 0 Å². The fraction of sp³-hybridized carbons (Fsp3) is 0.269. The summed E-state index contributed by atoms with van der Waals surface area (Å²) >= 11 is 0. The van der Waals surface area contributed by atoms with E-state index in [4.69, 9.17) is 14.0 Å². The number of furan rings is 1. The number of hydrogen-bond acceptors (Lipinski definition) is 7. The summed E-state index contributed by atoms with van der Waals surface area (Å²) in [6, 6.07) is 14.6. The van der Waals surface area contributed by atoms with E-state index in [1.807, 2.05) is 24.3 Å². The normalized spacial score (nSPS) is 16.5. The zero-order valence-electron chi connectivity index (χ0n) is 18.7. The molecule has 0 saturated carbocycles. The summed E-state index contributed by atoms with van der Waals surface area (Å²) in [6.07, 6.45) is 3.63. The maximum absolute atomic E-state index is 14.8. The van der Waals surface area contributed by atoms with E-state index in [0.717, 1.165) is 24.8 Å². The third-order valence-electron chi connectivity index (χ3n) is 6.03. The Kier molecular flexibility index (Phi) is 6.22. The van der Waals surface area contributed by atoms with Gasteiger partial charge in [0.2, 0.25) is 11.6 Å². The van der Waals surface area contributed by atoms with E-state index in [2.05, 4.69) is 16.9 Å². The molecule has 0 bridgehead atoms. The molecule has 4 aromatic rings. The van der Waals surface area contributed by atoms with Gasteiger partial charge in [0, 0.05) is 12.1 Å². The topological polar surface area (TPSA) is 77.7 Å². The fourth-order valence-corrected chi connectivity index (χ4v) is 4.33. The van der Waals surface area contributed by atoms with Gasteiger partial charge in [-0.2, -0.15) is 0 Å². The molecule has 1 saturated heterocycles. The number of carbonyl (C=O) groups excluding carboxylic acids is 1. The first-order valence-corrected chi connectivity index (χ1v) is 11.3. The zero-order valence-corrected chi connectivity index (χ0v) is 18.7. The molecular weight excluding hydrogens is 437 g/mol. The summed E-state index contributed by atoms with van der Waals surface area (Å²) in [5.41, 5.74) is 3.37. The quantitative estimate of drug-likeness (QED) is 0.351. The van der Waals surface area contributed by atoms with Gasteiger partial charge in [-0.3, -0.25) is 4.79 Å². The lowest BCUT2D eigenvalue weighted by molar-refractivity contribution is -0.184. The maximum atomic E-state index is 14.8. The van der Waals surface area contributed by atoms with Crippen LogP contribution < -0.4 is 4.74 Å². The number of aryl methyl sites for hydroxylation is 1. The average Bonchev–Trinajstić information content (AvgIpc) is 3.25. The molecule has 174 valence electrons. The van der Waals surface area contributed by atoms with Crippen LogP contribution in [0.5, 0.6) is 5.88 Å². The molecule has 0 N–H and O–H groups in total. The van der Waals surface area contributed by atoms with E-state index >= 15 is 0 Å². The molecule has 0 unspecified atom stereocenters. The molecule has 0 spiro atoms. The van der Waals surface area contributed by atoms with E-state index in [1.54, 1.807) is 23.3 Å². The van der Waals surface area contributed by atoms with E-state index in [0.29, 0.717) is 53.4 Å². The minimum absolute atomic E-state index is 0.242. The van der Waals surface area contributed by atoms with Crippen molar-refractivity contribution in [3.8, 4) is 28.3 Å². The molecule has 8 heteroatoms. The third-order valence-corrected chi connectivity index (χ3v) is 6.03. The lowest BCUT2D eigenvalue weighted by Crippen LogP contribution is -2.40. The van der Waals surface area contributed by atoms with Gasteiger partial charge >= 0.3 is 6.47 Å². The zero-order chi connectivity index (χ0) is 23.5. The summed E-state index contributed by atoms with van der Waals surface area (Å²) in [7, 11) is 0. The van der Waals surface area contributed by atoms with Crippen molar-refractivity contribution in [3.63, 3.8) is 0 Å². The Morgan fingerprint density at radius 2 is 2.00 bits per heavy atom. The number of piperidine rings is 1. The summed E-state index contributed by atoms with van der Waals surface area (Å²) < 4.78 is 27.2. The van der Waals surface area contributed by atoms with Crippen LogP contribution in [0.3, 0.4) is 0 Å². The number of halogens is 1. The Morgan fingerprint density at radius 3 is 2.76 bits per heavy atom. The van der Waals surface area contributed by atoms with Crippen LogP contribution in [0.15, 0.2) is 59.3 Å². The second kappa shape index (κ2) is 9.61. The lowest BCUT2D eigenvalue weighted by Gasteiger charge is -2.29. The number of hydroxylamine groups is 2. The van der Waals surface area contributed by atoms with Crippen LogP contribution in [0.2, 0.25) is 0 Å². The average molecular weight is 461 g/mol. The number of fused-ring (bicyclic) bond motifs is 1. The van der Waals surface area contributed by atoms with Crippen LogP contribution in [-0.2, 0) is 16.1 Å². The molecule has 1 aliphatic rings. The van der Waals surface area contributed by atoms with Crippen molar-refractivity contribution in [2.75, 3.05) is 13.1 Å². The summed E-state index contributed by atoms with van der Waals surface area (Å²) in [4.78, 5) is 24.5. The van der Waals surface area contributed by atoms with Gasteiger partial charge in [-0.25, -0.2) is 14.4 Å². The van der Waals surface area contributed by atoms with Crippen LogP contribution >= 0.6 is 0 Å². The fourth-order valence-electron chi connectivity index (χ4n) is 4.33. The number of aromatic nitrogens is 2. The van der Waals surface area contributed by atoms with Crippen LogP contribution in [-0.4, -0.2) is 40.7 Å². The second-order valence-electron chi connectivity index (χ2n) is 8.17. The van der Waals surface area contributed by atoms with E-state index < -0.39 is 5.82 Å².